The summed E-state index contributed by atoms with van der Waals surface area (Å²) < 4.78 is 10.3. The average molecular weight is 286 g/mol. The van der Waals surface area contributed by atoms with Gasteiger partial charge in [0.1, 0.15) is 12.4 Å². The minimum atomic E-state index is -0.0848. The molecular weight excluding hydrogens is 268 g/mol. The largest absolute Gasteiger partial charge is 0.504 e. The Bertz CT molecular complexity index is 603. The molecule has 0 unspecified atom stereocenters. The van der Waals surface area contributed by atoms with Gasteiger partial charge in [0.25, 0.3) is 0 Å². The second-order valence-corrected chi connectivity index (χ2v) is 4.41. The van der Waals surface area contributed by atoms with Gasteiger partial charge in [0.05, 0.1) is 13.7 Å². The van der Waals surface area contributed by atoms with Gasteiger partial charge in [-0.1, -0.05) is 30.4 Å². The molecule has 0 spiro atoms. The number of aromatic hydroxyl groups is 1. The van der Waals surface area contributed by atoms with Gasteiger partial charge < -0.3 is 19.7 Å². The van der Waals surface area contributed by atoms with Crippen LogP contribution in [0.5, 0.6) is 17.2 Å². The van der Waals surface area contributed by atoms with E-state index in [1.54, 1.807) is 19.2 Å². The highest BCUT2D eigenvalue weighted by Crippen LogP contribution is 2.27. The predicted molar refractivity (Wildman–Crippen MR) is 82.6 cm³/mol. The van der Waals surface area contributed by atoms with E-state index in [1.807, 2.05) is 42.5 Å². The Morgan fingerprint density at radius 1 is 1.00 bits per heavy atom. The third-order valence-corrected chi connectivity index (χ3v) is 2.92. The molecule has 0 fully saturated rings. The fraction of sp³-hybridized carbons (Fsp3) is 0.176. The number of hydrogen-bond donors (Lipinski definition) is 2. The molecule has 0 saturated carbocycles. The third-order valence-electron chi connectivity index (χ3n) is 2.92. The molecule has 2 aromatic carbocycles. The van der Waals surface area contributed by atoms with E-state index in [1.165, 1.54) is 0 Å². The highest BCUT2D eigenvalue weighted by Gasteiger charge is 2.02. The van der Waals surface area contributed by atoms with Crippen molar-refractivity contribution in [2.75, 3.05) is 20.3 Å². The standard InChI is InChI=1S/C17H18O4/c1-20-15-7-4-13(5-8-15)2-3-14-6-9-17(16(19)12-14)21-11-10-18/h2-9,12,18-19H,10-11H2,1H3/b3-2+. The van der Waals surface area contributed by atoms with Crippen LogP contribution in [-0.4, -0.2) is 30.5 Å². The second-order valence-electron chi connectivity index (χ2n) is 4.41. The highest BCUT2D eigenvalue weighted by molar-refractivity contribution is 5.71. The van der Waals surface area contributed by atoms with E-state index in [4.69, 9.17) is 14.6 Å². The van der Waals surface area contributed by atoms with Crippen LogP contribution in [0.3, 0.4) is 0 Å². The molecule has 0 radical (unpaired) electrons. The van der Waals surface area contributed by atoms with Crippen molar-refractivity contribution in [2.24, 2.45) is 0 Å². The number of ether oxygens (including phenoxy) is 2. The van der Waals surface area contributed by atoms with E-state index in [9.17, 15) is 5.11 Å². The van der Waals surface area contributed by atoms with Gasteiger partial charge in [-0.15, -0.1) is 0 Å². The van der Waals surface area contributed by atoms with Crippen LogP contribution in [0.1, 0.15) is 11.1 Å². The summed E-state index contributed by atoms with van der Waals surface area (Å²) in [4.78, 5) is 0. The van der Waals surface area contributed by atoms with Crippen LogP contribution in [0, 0.1) is 0 Å². The second kappa shape index (κ2) is 7.36. The summed E-state index contributed by atoms with van der Waals surface area (Å²) in [6.07, 6.45) is 3.85. The predicted octanol–water partition coefficient (Wildman–Crippen LogP) is 2.94. The smallest absolute Gasteiger partial charge is 0.161 e. The number of phenolic OH excluding ortho intramolecular Hbond substituents is 1. The molecule has 0 amide bonds. The highest BCUT2D eigenvalue weighted by atomic mass is 16.5. The van der Waals surface area contributed by atoms with Crippen LogP contribution in [-0.2, 0) is 0 Å². The maximum Gasteiger partial charge on any atom is 0.161 e. The molecule has 0 aromatic heterocycles. The molecule has 4 nitrogen and oxygen atoms in total. The normalized spacial score (nSPS) is 10.8. The fourth-order valence-corrected chi connectivity index (χ4v) is 1.82. The zero-order valence-corrected chi connectivity index (χ0v) is 11.8. The number of benzene rings is 2. The molecule has 2 N–H and O–H groups in total. The van der Waals surface area contributed by atoms with Crippen molar-refractivity contribution in [1.29, 1.82) is 0 Å². The van der Waals surface area contributed by atoms with Crippen LogP contribution in [0.2, 0.25) is 0 Å². The first-order valence-corrected chi connectivity index (χ1v) is 6.62. The maximum absolute atomic E-state index is 9.83. The summed E-state index contributed by atoms with van der Waals surface area (Å²) in [7, 11) is 1.63. The zero-order chi connectivity index (χ0) is 15.1. The lowest BCUT2D eigenvalue weighted by Gasteiger charge is -2.06. The molecular formula is C17H18O4. The summed E-state index contributed by atoms with van der Waals surface area (Å²) >= 11 is 0. The van der Waals surface area contributed by atoms with Crippen LogP contribution >= 0.6 is 0 Å². The van der Waals surface area contributed by atoms with E-state index in [2.05, 4.69) is 0 Å². The average Bonchev–Trinajstić information content (AvgIpc) is 2.52. The zero-order valence-electron chi connectivity index (χ0n) is 11.8. The first-order valence-electron chi connectivity index (χ1n) is 6.62. The van der Waals surface area contributed by atoms with Crippen molar-refractivity contribution in [3.63, 3.8) is 0 Å². The molecule has 0 atom stereocenters. The van der Waals surface area contributed by atoms with E-state index < -0.39 is 0 Å². The quantitative estimate of drug-likeness (QED) is 0.802. The van der Waals surface area contributed by atoms with Crippen molar-refractivity contribution in [3.05, 3.63) is 53.6 Å². The Morgan fingerprint density at radius 2 is 1.67 bits per heavy atom. The summed E-state index contributed by atoms with van der Waals surface area (Å²) in [5, 5.41) is 18.5. The molecule has 0 heterocycles. The third kappa shape index (κ3) is 4.26. The Labute approximate surface area is 123 Å². The Balaban J connectivity index is 2.07. The molecule has 110 valence electrons. The first-order chi connectivity index (χ1) is 10.2. The van der Waals surface area contributed by atoms with Crippen molar-refractivity contribution in [3.8, 4) is 17.2 Å². The fourth-order valence-electron chi connectivity index (χ4n) is 1.82. The summed E-state index contributed by atoms with van der Waals surface area (Å²) in [5.74, 6) is 1.24. The van der Waals surface area contributed by atoms with E-state index in [0.717, 1.165) is 16.9 Å². The van der Waals surface area contributed by atoms with Crippen LogP contribution in [0.25, 0.3) is 12.2 Å². The van der Waals surface area contributed by atoms with Crippen LogP contribution in [0.15, 0.2) is 42.5 Å². The molecule has 0 aliphatic heterocycles. The van der Waals surface area contributed by atoms with Gasteiger partial charge in [0.2, 0.25) is 0 Å². The lowest BCUT2D eigenvalue weighted by atomic mass is 10.1. The van der Waals surface area contributed by atoms with Gasteiger partial charge in [-0.3, -0.25) is 0 Å². The van der Waals surface area contributed by atoms with Gasteiger partial charge in [-0.05, 0) is 35.4 Å². The summed E-state index contributed by atoms with van der Waals surface area (Å²) in [6, 6.07) is 12.8. The van der Waals surface area contributed by atoms with Crippen molar-refractivity contribution in [2.45, 2.75) is 0 Å². The molecule has 4 heteroatoms. The lowest BCUT2D eigenvalue weighted by molar-refractivity contribution is 0.197. The number of hydrogen-bond acceptors (Lipinski definition) is 4. The first kappa shape index (κ1) is 14.9. The molecule has 0 bridgehead atoms. The number of rotatable bonds is 6. The van der Waals surface area contributed by atoms with Gasteiger partial charge in [0.15, 0.2) is 11.5 Å². The van der Waals surface area contributed by atoms with Crippen LogP contribution < -0.4 is 9.47 Å². The van der Waals surface area contributed by atoms with Gasteiger partial charge in [-0.25, -0.2) is 0 Å². The topological polar surface area (TPSA) is 58.9 Å². The van der Waals surface area contributed by atoms with Gasteiger partial charge in [-0.2, -0.15) is 0 Å². The SMILES string of the molecule is COc1ccc(/C=C/c2ccc(OCCO)c(O)c2)cc1. The minimum absolute atomic E-state index is 0.0559. The van der Waals surface area contributed by atoms with Crippen molar-refractivity contribution in [1.82, 2.24) is 0 Å². The lowest BCUT2D eigenvalue weighted by Crippen LogP contribution is -2.01. The monoisotopic (exact) mass is 286 g/mol. The molecule has 2 aromatic rings. The van der Waals surface area contributed by atoms with E-state index in [0.29, 0.717) is 5.75 Å². The van der Waals surface area contributed by atoms with Crippen molar-refractivity contribution >= 4 is 12.2 Å². The Kier molecular flexibility index (Phi) is 5.23. The minimum Gasteiger partial charge on any atom is -0.504 e. The molecule has 0 aliphatic carbocycles. The van der Waals surface area contributed by atoms with E-state index >= 15 is 0 Å². The number of methoxy groups -OCH3 is 1. The molecule has 0 saturated heterocycles. The number of phenols is 1. The molecule has 2 rings (SSSR count). The molecule has 21 heavy (non-hydrogen) atoms. The number of aliphatic hydroxyl groups is 1. The Hall–Kier alpha value is -2.46. The maximum atomic E-state index is 9.83. The van der Waals surface area contributed by atoms with Gasteiger partial charge in [0, 0.05) is 0 Å². The van der Waals surface area contributed by atoms with Gasteiger partial charge >= 0.3 is 0 Å². The Morgan fingerprint density at radius 3 is 2.29 bits per heavy atom. The van der Waals surface area contributed by atoms with E-state index in [-0.39, 0.29) is 19.0 Å². The van der Waals surface area contributed by atoms with Crippen molar-refractivity contribution < 1.29 is 19.7 Å². The number of aliphatic hydroxyl groups excluding tert-OH is 1. The van der Waals surface area contributed by atoms with Crippen LogP contribution in [0.4, 0.5) is 0 Å². The summed E-state index contributed by atoms with van der Waals surface area (Å²) in [5.41, 5.74) is 1.90. The summed E-state index contributed by atoms with van der Waals surface area (Å²) in [6.45, 7) is 0.0765. The molecule has 0 aliphatic rings.